The SMILES string of the molecule is NC(C(=O)NC(Cc1c[nH]c2ccccc12)C(=O)O)c1c[nH]c2ccccc12.NC(Cc1c[nH]c2ccccc12)C(=O)O. The average Bonchev–Trinajstić information content (AvgIpc) is 3.74. The van der Waals surface area contributed by atoms with Crippen LogP contribution in [0.2, 0.25) is 0 Å². The van der Waals surface area contributed by atoms with E-state index in [-0.39, 0.29) is 6.42 Å². The molecular formula is C32H32N6O5. The van der Waals surface area contributed by atoms with Crippen LogP contribution in [0.4, 0.5) is 0 Å². The summed E-state index contributed by atoms with van der Waals surface area (Å²) in [6.07, 6.45) is 5.77. The van der Waals surface area contributed by atoms with Gasteiger partial charge in [-0.2, -0.15) is 0 Å². The number of rotatable bonds is 9. The molecule has 43 heavy (non-hydrogen) atoms. The molecule has 3 atom stereocenters. The van der Waals surface area contributed by atoms with Gasteiger partial charge in [0.15, 0.2) is 0 Å². The van der Waals surface area contributed by atoms with Crippen molar-refractivity contribution in [3.05, 3.63) is 108 Å². The van der Waals surface area contributed by atoms with Gasteiger partial charge in [0, 0.05) is 69.7 Å². The van der Waals surface area contributed by atoms with E-state index in [1.807, 2.05) is 79.0 Å². The van der Waals surface area contributed by atoms with Crippen LogP contribution in [0, 0.1) is 0 Å². The number of carboxylic acids is 2. The highest BCUT2D eigenvalue weighted by Gasteiger charge is 2.26. The van der Waals surface area contributed by atoms with Crippen molar-refractivity contribution in [1.82, 2.24) is 20.3 Å². The first-order chi connectivity index (χ1) is 20.7. The molecular weight excluding hydrogens is 548 g/mol. The molecule has 11 nitrogen and oxygen atoms in total. The molecule has 0 saturated heterocycles. The molecule has 10 N–H and O–H groups in total. The molecule has 6 rings (SSSR count). The quantitative estimate of drug-likeness (QED) is 0.128. The van der Waals surface area contributed by atoms with Gasteiger partial charge in [-0.3, -0.25) is 9.59 Å². The number of carbonyl (C=O) groups is 3. The summed E-state index contributed by atoms with van der Waals surface area (Å²) in [6.45, 7) is 0. The lowest BCUT2D eigenvalue weighted by Gasteiger charge is -2.17. The highest BCUT2D eigenvalue weighted by molar-refractivity contribution is 5.93. The van der Waals surface area contributed by atoms with Crippen LogP contribution in [0.5, 0.6) is 0 Å². The van der Waals surface area contributed by atoms with Gasteiger partial charge in [-0.15, -0.1) is 0 Å². The molecule has 0 spiro atoms. The highest BCUT2D eigenvalue weighted by Crippen LogP contribution is 2.24. The maximum Gasteiger partial charge on any atom is 0.326 e. The van der Waals surface area contributed by atoms with Gasteiger partial charge >= 0.3 is 11.9 Å². The van der Waals surface area contributed by atoms with Crippen LogP contribution < -0.4 is 16.8 Å². The van der Waals surface area contributed by atoms with Crippen molar-refractivity contribution in [3.63, 3.8) is 0 Å². The van der Waals surface area contributed by atoms with Gasteiger partial charge in [0.2, 0.25) is 5.91 Å². The minimum Gasteiger partial charge on any atom is -0.480 e. The van der Waals surface area contributed by atoms with E-state index in [9.17, 15) is 19.5 Å². The number of fused-ring (bicyclic) bond motifs is 3. The number of nitrogens with one attached hydrogen (secondary N) is 4. The summed E-state index contributed by atoms with van der Waals surface area (Å²) >= 11 is 0. The van der Waals surface area contributed by atoms with Crippen molar-refractivity contribution in [3.8, 4) is 0 Å². The Morgan fingerprint density at radius 2 is 1.12 bits per heavy atom. The number of aromatic amines is 3. The molecule has 0 saturated carbocycles. The zero-order valence-corrected chi connectivity index (χ0v) is 23.1. The van der Waals surface area contributed by atoms with E-state index in [4.69, 9.17) is 16.6 Å². The molecule has 0 aliphatic heterocycles. The van der Waals surface area contributed by atoms with Crippen LogP contribution in [0.25, 0.3) is 32.7 Å². The maximum atomic E-state index is 12.7. The molecule has 3 unspecified atom stereocenters. The number of H-pyrrole nitrogens is 3. The highest BCUT2D eigenvalue weighted by atomic mass is 16.4. The van der Waals surface area contributed by atoms with Crippen LogP contribution in [0.15, 0.2) is 91.4 Å². The molecule has 11 heteroatoms. The average molecular weight is 581 g/mol. The van der Waals surface area contributed by atoms with E-state index in [1.54, 1.807) is 12.4 Å². The first-order valence-electron chi connectivity index (χ1n) is 13.7. The van der Waals surface area contributed by atoms with E-state index in [0.717, 1.165) is 43.8 Å². The summed E-state index contributed by atoms with van der Waals surface area (Å²) < 4.78 is 0. The van der Waals surface area contributed by atoms with Crippen molar-refractivity contribution < 1.29 is 24.6 Å². The van der Waals surface area contributed by atoms with Gasteiger partial charge in [0.05, 0.1) is 0 Å². The molecule has 0 aliphatic carbocycles. The molecule has 0 bridgehead atoms. The van der Waals surface area contributed by atoms with Gasteiger partial charge in [0.25, 0.3) is 0 Å². The Morgan fingerprint density at radius 1 is 0.651 bits per heavy atom. The van der Waals surface area contributed by atoms with Gasteiger partial charge in [-0.05, 0) is 29.3 Å². The molecule has 3 aromatic heterocycles. The normalized spacial score (nSPS) is 13.3. The summed E-state index contributed by atoms with van der Waals surface area (Å²) in [5, 5.41) is 23.7. The fraction of sp³-hybridized carbons (Fsp3) is 0.156. The minimum atomic E-state index is -1.11. The number of hydrogen-bond donors (Lipinski definition) is 8. The van der Waals surface area contributed by atoms with Gasteiger partial charge < -0.3 is 41.9 Å². The summed E-state index contributed by atoms with van der Waals surface area (Å²) in [5.74, 6) is -2.61. The Morgan fingerprint density at radius 3 is 1.65 bits per heavy atom. The molecule has 0 fully saturated rings. The van der Waals surface area contributed by atoms with Crippen LogP contribution in [0.1, 0.15) is 22.7 Å². The van der Waals surface area contributed by atoms with Gasteiger partial charge in [-0.1, -0.05) is 54.6 Å². The number of aliphatic carboxylic acids is 2. The maximum absolute atomic E-state index is 12.7. The third kappa shape index (κ3) is 6.43. The minimum absolute atomic E-state index is 0.158. The number of aromatic nitrogens is 3. The molecule has 3 heterocycles. The van der Waals surface area contributed by atoms with Crippen LogP contribution in [0.3, 0.4) is 0 Å². The predicted molar refractivity (Wildman–Crippen MR) is 164 cm³/mol. The number of benzene rings is 3. The number of carbonyl (C=O) groups excluding carboxylic acids is 1. The monoisotopic (exact) mass is 580 g/mol. The summed E-state index contributed by atoms with van der Waals surface area (Å²) in [7, 11) is 0. The fourth-order valence-electron chi connectivity index (χ4n) is 5.10. The number of carboxylic acid groups (broad SMARTS) is 2. The van der Waals surface area contributed by atoms with E-state index >= 15 is 0 Å². The second-order valence-corrected chi connectivity index (χ2v) is 10.2. The lowest BCUT2D eigenvalue weighted by atomic mass is 10.0. The van der Waals surface area contributed by atoms with Crippen molar-refractivity contribution in [1.29, 1.82) is 0 Å². The zero-order valence-electron chi connectivity index (χ0n) is 23.1. The predicted octanol–water partition coefficient (Wildman–Crippen LogP) is 3.58. The molecule has 1 amide bonds. The smallest absolute Gasteiger partial charge is 0.326 e. The lowest BCUT2D eigenvalue weighted by molar-refractivity contribution is -0.142. The standard InChI is InChI=1S/C21H20N4O3.C11H12N2O2/c22-19(15-11-24-17-8-4-2-6-14(15)17)20(26)25-18(21(27)28)9-12-10-23-16-7-3-1-5-13(12)16;12-9(11(14)15)5-7-6-13-10-4-2-1-3-8(7)10/h1-8,10-11,18-19,23-24H,9,22H2,(H,25,26)(H,27,28);1-4,6,9,13H,5,12H2,(H,14,15). The zero-order chi connectivity index (χ0) is 30.5. The number of amides is 1. The Bertz CT molecular complexity index is 1900. The van der Waals surface area contributed by atoms with Crippen molar-refractivity contribution in [2.45, 2.75) is 31.0 Å². The fourth-order valence-corrected chi connectivity index (χ4v) is 5.10. The van der Waals surface area contributed by atoms with Crippen LogP contribution in [-0.2, 0) is 27.2 Å². The van der Waals surface area contributed by atoms with Gasteiger partial charge in [0.1, 0.15) is 18.1 Å². The Kier molecular flexibility index (Phi) is 8.56. The molecule has 0 radical (unpaired) electrons. The third-order valence-electron chi connectivity index (χ3n) is 7.38. The van der Waals surface area contributed by atoms with Crippen molar-refractivity contribution in [2.24, 2.45) is 11.5 Å². The number of nitrogens with two attached hydrogens (primary N) is 2. The van der Waals surface area contributed by atoms with Crippen LogP contribution >= 0.6 is 0 Å². The Balaban J connectivity index is 0.000000207. The lowest BCUT2D eigenvalue weighted by Crippen LogP contribution is -2.46. The summed E-state index contributed by atoms with van der Waals surface area (Å²) in [4.78, 5) is 44.3. The first kappa shape index (κ1) is 29.1. The molecule has 220 valence electrons. The largest absolute Gasteiger partial charge is 0.480 e. The summed E-state index contributed by atoms with van der Waals surface area (Å²) in [6, 6.07) is 20.0. The molecule has 3 aromatic carbocycles. The number of para-hydroxylation sites is 3. The first-order valence-corrected chi connectivity index (χ1v) is 13.7. The van der Waals surface area contributed by atoms with Crippen LogP contribution in [-0.4, -0.2) is 55.1 Å². The Labute approximate surface area is 245 Å². The number of hydrogen-bond acceptors (Lipinski definition) is 5. The second-order valence-electron chi connectivity index (χ2n) is 10.2. The second kappa shape index (κ2) is 12.6. The molecule has 6 aromatic rings. The van der Waals surface area contributed by atoms with E-state index in [2.05, 4.69) is 20.3 Å². The summed E-state index contributed by atoms with van der Waals surface area (Å²) in [5.41, 5.74) is 16.8. The Hall–Kier alpha value is -5.39. The third-order valence-corrected chi connectivity index (χ3v) is 7.38. The van der Waals surface area contributed by atoms with Crippen molar-refractivity contribution >= 4 is 50.6 Å². The van der Waals surface area contributed by atoms with Gasteiger partial charge in [-0.25, -0.2) is 4.79 Å². The topological polar surface area (TPSA) is 203 Å². The molecule has 0 aliphatic rings. The van der Waals surface area contributed by atoms with Crippen molar-refractivity contribution in [2.75, 3.05) is 0 Å². The van der Waals surface area contributed by atoms with E-state index < -0.39 is 36.0 Å². The van der Waals surface area contributed by atoms with E-state index in [1.165, 1.54) is 0 Å². The van der Waals surface area contributed by atoms with E-state index in [0.29, 0.717) is 12.0 Å².